The molecular formula is C12H23ClN4. The van der Waals surface area contributed by atoms with E-state index in [0.29, 0.717) is 5.92 Å². The molecule has 0 aliphatic heterocycles. The normalized spacial score (nSPS) is 13.4. The Morgan fingerprint density at radius 1 is 1.41 bits per heavy atom. The third-order valence-electron chi connectivity index (χ3n) is 3.13. The number of hydrazine groups is 1. The third kappa shape index (κ3) is 3.21. The highest BCUT2D eigenvalue weighted by molar-refractivity contribution is 6.31. The van der Waals surface area contributed by atoms with Crippen LogP contribution in [-0.2, 0) is 19.4 Å². The number of nitrogens with zero attached hydrogens (tertiary/aromatic N) is 2. The van der Waals surface area contributed by atoms with E-state index in [9.17, 15) is 0 Å². The summed E-state index contributed by atoms with van der Waals surface area (Å²) in [5, 5.41) is 5.31. The molecule has 17 heavy (non-hydrogen) atoms. The molecule has 3 N–H and O–H groups in total. The van der Waals surface area contributed by atoms with Gasteiger partial charge < -0.3 is 0 Å². The maximum atomic E-state index is 6.36. The zero-order valence-electron chi connectivity index (χ0n) is 11.1. The SMILES string of the molecule is CCc1nn(CC)c(CC(NN)C(C)C)c1Cl. The molecule has 1 rings (SSSR count). The Bertz CT molecular complexity index is 360. The van der Waals surface area contributed by atoms with E-state index in [4.69, 9.17) is 17.4 Å². The fourth-order valence-electron chi connectivity index (χ4n) is 1.91. The lowest BCUT2D eigenvalue weighted by atomic mass is 9.99. The molecular weight excluding hydrogens is 236 g/mol. The van der Waals surface area contributed by atoms with Crippen LogP contribution < -0.4 is 11.3 Å². The smallest absolute Gasteiger partial charge is 0.0850 e. The number of nitrogens with two attached hydrogens (primary N) is 1. The Morgan fingerprint density at radius 2 is 2.06 bits per heavy atom. The van der Waals surface area contributed by atoms with Gasteiger partial charge in [0, 0.05) is 19.0 Å². The van der Waals surface area contributed by atoms with E-state index < -0.39 is 0 Å². The molecule has 5 heteroatoms. The summed E-state index contributed by atoms with van der Waals surface area (Å²) in [7, 11) is 0. The Balaban J connectivity index is 2.99. The van der Waals surface area contributed by atoms with Crippen LogP contribution in [0.4, 0.5) is 0 Å². The lowest BCUT2D eigenvalue weighted by molar-refractivity contribution is 0.394. The summed E-state index contributed by atoms with van der Waals surface area (Å²) in [5.74, 6) is 6.04. The number of aryl methyl sites for hydroxylation is 2. The number of hydrogen-bond acceptors (Lipinski definition) is 3. The van der Waals surface area contributed by atoms with Crippen LogP contribution in [0.25, 0.3) is 0 Å². The molecule has 0 radical (unpaired) electrons. The zero-order valence-corrected chi connectivity index (χ0v) is 11.9. The summed E-state index contributed by atoms with van der Waals surface area (Å²) in [4.78, 5) is 0. The predicted molar refractivity (Wildman–Crippen MR) is 71.9 cm³/mol. The van der Waals surface area contributed by atoms with E-state index in [2.05, 4.69) is 38.2 Å². The topological polar surface area (TPSA) is 55.9 Å². The molecule has 0 aliphatic rings. The molecule has 0 amide bonds. The average Bonchev–Trinajstić information content (AvgIpc) is 2.62. The molecule has 0 fully saturated rings. The lowest BCUT2D eigenvalue weighted by Crippen LogP contribution is -2.41. The first-order valence-electron chi connectivity index (χ1n) is 6.25. The van der Waals surface area contributed by atoms with Crippen LogP contribution in [0.5, 0.6) is 0 Å². The molecule has 0 saturated heterocycles. The summed E-state index contributed by atoms with van der Waals surface area (Å²) in [5.41, 5.74) is 4.92. The maximum Gasteiger partial charge on any atom is 0.0850 e. The quantitative estimate of drug-likeness (QED) is 0.607. The van der Waals surface area contributed by atoms with Crippen molar-refractivity contribution >= 4 is 11.6 Å². The molecule has 0 bridgehead atoms. The minimum atomic E-state index is 0.221. The van der Waals surface area contributed by atoms with E-state index in [-0.39, 0.29) is 6.04 Å². The van der Waals surface area contributed by atoms with Gasteiger partial charge in [-0.15, -0.1) is 0 Å². The lowest BCUT2D eigenvalue weighted by Gasteiger charge is -2.20. The minimum absolute atomic E-state index is 0.221. The Morgan fingerprint density at radius 3 is 2.47 bits per heavy atom. The molecule has 98 valence electrons. The third-order valence-corrected chi connectivity index (χ3v) is 3.56. The summed E-state index contributed by atoms with van der Waals surface area (Å²) in [6.45, 7) is 9.27. The van der Waals surface area contributed by atoms with Crippen molar-refractivity contribution in [1.29, 1.82) is 0 Å². The monoisotopic (exact) mass is 258 g/mol. The van der Waals surface area contributed by atoms with E-state index >= 15 is 0 Å². The van der Waals surface area contributed by atoms with E-state index in [1.807, 2.05) is 4.68 Å². The molecule has 0 saturated carbocycles. The fourth-order valence-corrected chi connectivity index (χ4v) is 2.25. The Hall–Kier alpha value is -0.580. The van der Waals surface area contributed by atoms with E-state index in [0.717, 1.165) is 35.8 Å². The molecule has 1 heterocycles. The highest BCUT2D eigenvalue weighted by atomic mass is 35.5. The first-order valence-corrected chi connectivity index (χ1v) is 6.63. The van der Waals surface area contributed by atoms with Crippen molar-refractivity contribution < 1.29 is 0 Å². The maximum absolute atomic E-state index is 6.36. The standard InChI is InChI=1S/C12H23ClN4/c1-5-9-12(13)11(17(6-2)16-9)7-10(15-14)8(3)4/h8,10,15H,5-7,14H2,1-4H3. The summed E-state index contributed by atoms with van der Waals surface area (Å²) < 4.78 is 1.98. The van der Waals surface area contributed by atoms with Gasteiger partial charge >= 0.3 is 0 Å². The predicted octanol–water partition coefficient (Wildman–Crippen LogP) is 2.15. The second kappa shape index (κ2) is 6.38. The molecule has 0 aliphatic carbocycles. The van der Waals surface area contributed by atoms with Crippen molar-refractivity contribution in [2.75, 3.05) is 0 Å². The first kappa shape index (κ1) is 14.5. The second-order valence-corrected chi connectivity index (χ2v) is 4.98. The molecule has 0 spiro atoms. The van der Waals surface area contributed by atoms with Crippen LogP contribution in [-0.4, -0.2) is 15.8 Å². The van der Waals surface area contributed by atoms with Crippen LogP contribution in [0.1, 0.15) is 39.1 Å². The van der Waals surface area contributed by atoms with Crippen LogP contribution in [0, 0.1) is 5.92 Å². The minimum Gasteiger partial charge on any atom is -0.271 e. The summed E-state index contributed by atoms with van der Waals surface area (Å²) in [6, 6.07) is 0.221. The van der Waals surface area contributed by atoms with Gasteiger partial charge in [-0.05, 0) is 19.3 Å². The van der Waals surface area contributed by atoms with Crippen molar-refractivity contribution in [3.8, 4) is 0 Å². The van der Waals surface area contributed by atoms with Gasteiger partial charge in [0.05, 0.1) is 16.4 Å². The highest BCUT2D eigenvalue weighted by Crippen LogP contribution is 2.24. The molecule has 1 atom stereocenters. The summed E-state index contributed by atoms with van der Waals surface area (Å²) in [6.07, 6.45) is 1.68. The molecule has 1 aromatic rings. The number of aromatic nitrogens is 2. The molecule has 4 nitrogen and oxygen atoms in total. The van der Waals surface area contributed by atoms with Crippen molar-refractivity contribution in [2.45, 2.75) is 53.1 Å². The number of hydrogen-bond donors (Lipinski definition) is 2. The highest BCUT2D eigenvalue weighted by Gasteiger charge is 2.20. The van der Waals surface area contributed by atoms with Crippen molar-refractivity contribution in [2.24, 2.45) is 11.8 Å². The largest absolute Gasteiger partial charge is 0.271 e. The van der Waals surface area contributed by atoms with Gasteiger partial charge in [-0.25, -0.2) is 0 Å². The van der Waals surface area contributed by atoms with Crippen LogP contribution >= 0.6 is 11.6 Å². The second-order valence-electron chi connectivity index (χ2n) is 4.60. The van der Waals surface area contributed by atoms with Crippen molar-refractivity contribution in [3.05, 3.63) is 16.4 Å². The zero-order chi connectivity index (χ0) is 13.0. The van der Waals surface area contributed by atoms with Gasteiger partial charge in [-0.2, -0.15) is 5.10 Å². The Kier molecular flexibility index (Phi) is 5.43. The Labute approximate surface area is 108 Å². The van der Waals surface area contributed by atoms with E-state index in [1.54, 1.807) is 0 Å². The van der Waals surface area contributed by atoms with Crippen LogP contribution in [0.3, 0.4) is 0 Å². The molecule has 0 aromatic carbocycles. The fraction of sp³-hybridized carbons (Fsp3) is 0.750. The number of rotatable bonds is 6. The van der Waals surface area contributed by atoms with Gasteiger partial charge in [0.1, 0.15) is 0 Å². The number of halogens is 1. The van der Waals surface area contributed by atoms with Crippen LogP contribution in [0.15, 0.2) is 0 Å². The average molecular weight is 259 g/mol. The van der Waals surface area contributed by atoms with Gasteiger partial charge in [0.15, 0.2) is 0 Å². The van der Waals surface area contributed by atoms with E-state index in [1.165, 1.54) is 0 Å². The van der Waals surface area contributed by atoms with Gasteiger partial charge in [0.2, 0.25) is 0 Å². The van der Waals surface area contributed by atoms with Gasteiger partial charge in [-0.1, -0.05) is 32.4 Å². The van der Waals surface area contributed by atoms with Crippen molar-refractivity contribution in [3.63, 3.8) is 0 Å². The van der Waals surface area contributed by atoms with Gasteiger partial charge in [0.25, 0.3) is 0 Å². The van der Waals surface area contributed by atoms with Crippen LogP contribution in [0.2, 0.25) is 5.02 Å². The molecule has 1 unspecified atom stereocenters. The van der Waals surface area contributed by atoms with Crippen molar-refractivity contribution in [1.82, 2.24) is 15.2 Å². The van der Waals surface area contributed by atoms with Gasteiger partial charge in [-0.3, -0.25) is 16.0 Å². The molecule has 1 aromatic heterocycles. The first-order chi connectivity index (χ1) is 8.04. The number of nitrogens with one attached hydrogen (secondary N) is 1. The summed E-state index contributed by atoms with van der Waals surface area (Å²) >= 11 is 6.36.